The summed E-state index contributed by atoms with van der Waals surface area (Å²) < 4.78 is 51.2. The predicted octanol–water partition coefficient (Wildman–Crippen LogP) is 9.31. The van der Waals surface area contributed by atoms with Gasteiger partial charge in [0.05, 0.1) is 94.9 Å². The smallest absolute Gasteiger partial charge is 0.258 e. The lowest BCUT2D eigenvalue weighted by Gasteiger charge is -2.29. The average Bonchev–Trinajstić information content (AvgIpc) is 0.798. The summed E-state index contributed by atoms with van der Waals surface area (Å²) in [6.45, 7) is 22.6. The van der Waals surface area contributed by atoms with Gasteiger partial charge >= 0.3 is 0 Å². The molecule has 0 spiro atoms. The van der Waals surface area contributed by atoms with Crippen LogP contribution in [0.2, 0.25) is 0 Å². The lowest BCUT2D eigenvalue weighted by atomic mass is 10.1. The van der Waals surface area contributed by atoms with Crippen molar-refractivity contribution in [3.63, 3.8) is 0 Å². The summed E-state index contributed by atoms with van der Waals surface area (Å²) in [6.07, 6.45) is 9.19. The number of aryl methyl sites for hydroxylation is 1. The number of hydrogen-bond donors (Lipinski definition) is 6. The fraction of sp³-hybridized carbons (Fsp3) is 0.258. The van der Waals surface area contributed by atoms with E-state index in [1.165, 1.54) is 64.4 Å². The maximum absolute atomic E-state index is 14.1. The molecule has 15 aromatic rings. The largest absolute Gasteiger partial charge is 0.505 e. The van der Waals surface area contributed by atoms with Crippen molar-refractivity contribution in [3.8, 4) is 91.4 Å². The highest BCUT2D eigenvalue weighted by molar-refractivity contribution is 5.71. The van der Waals surface area contributed by atoms with Crippen LogP contribution in [0.25, 0.3) is 84.5 Å². The van der Waals surface area contributed by atoms with Gasteiger partial charge in [0.15, 0.2) is 23.1 Å². The van der Waals surface area contributed by atoms with E-state index in [1.54, 1.807) is 94.1 Å². The molecule has 0 amide bonds. The van der Waals surface area contributed by atoms with Crippen molar-refractivity contribution in [1.82, 2.24) is 73.5 Å². The van der Waals surface area contributed by atoms with Crippen molar-refractivity contribution < 1.29 is 28.1 Å². The van der Waals surface area contributed by atoms with Gasteiger partial charge < -0.3 is 70.4 Å². The van der Waals surface area contributed by atoms with Crippen LogP contribution < -0.4 is 93.1 Å². The van der Waals surface area contributed by atoms with Crippen molar-refractivity contribution >= 4 is 56.7 Å². The Hall–Kier alpha value is -15.3. The molecule has 10 aromatic heterocycles. The standard InChI is InChI=1S/C20H21FN4O2.C20H19N5O2.C20H22N4O2.C19H17N5O.C18H17FN4O2/c1-2-27-18-5-3-14(11-16(18)21)17-12-20(26)25-13-15(4-6-19(25)23-17)24-9-7-22-8-10-24;1-27-18-4-2-14(10-15(18)12-21)17-11-20(26)25-13-16(3-5-19(25)23-17)24-8-6-22-7-9-24;1-14-11-15(3-5-18(14)26-2)17-12-20(25)24-13-16(4-6-19(24)22-17)23-9-7-21-8-10-23;20-12-14-2-1-3-15(10-14)17-11-19(25)24-13-16(4-5-18(24)22-17)23-8-6-21-7-9-23;19-14-9-12(1-3-16(14)24)15-10-18(25)23-11-13(2-4-17(23)21-15)22-7-5-20-6-8-22/h3-6,11-13,22H,2,7-10H2,1H3;2-5,10-11,13,22H,6-9H2,1H3;3-6,11-13,21H,7-10H2,1-2H3;1-5,10-11,13,21H,6-9H2;1-4,9-11,20,24H,5-8H2. The molecule has 5 aromatic carbocycles. The summed E-state index contributed by atoms with van der Waals surface area (Å²) in [4.78, 5) is 97.2. The number of hydrogen-bond acceptors (Lipinski definition) is 26. The number of aromatic nitrogens is 10. The van der Waals surface area contributed by atoms with Gasteiger partial charge in [-0.05, 0) is 165 Å². The maximum atomic E-state index is 14.1. The Kier molecular flexibility index (Phi) is 27.5. The van der Waals surface area contributed by atoms with Crippen molar-refractivity contribution in [2.75, 3.05) is 176 Å². The minimum Gasteiger partial charge on any atom is -0.505 e. The monoisotopic (exact) mass is 1750 g/mol. The van der Waals surface area contributed by atoms with Crippen LogP contribution >= 0.6 is 0 Å². The molecule has 0 radical (unpaired) electrons. The average molecular weight is 1750 g/mol. The number of nitriles is 2. The number of piperazine rings is 5. The number of pyridine rings is 5. The Morgan fingerprint density at radius 2 is 0.654 bits per heavy atom. The van der Waals surface area contributed by atoms with Crippen LogP contribution in [0, 0.1) is 41.2 Å². The Morgan fingerprint density at radius 3 is 0.954 bits per heavy atom. The zero-order valence-corrected chi connectivity index (χ0v) is 72.2. The molecule has 33 heteroatoms. The van der Waals surface area contributed by atoms with Gasteiger partial charge in [0.1, 0.15) is 45.8 Å². The third-order valence-electron chi connectivity index (χ3n) is 23.0. The second kappa shape index (κ2) is 40.6. The molecule has 0 bridgehead atoms. The number of anilines is 5. The number of nitrogens with one attached hydrogen (secondary N) is 5. The van der Waals surface area contributed by atoms with E-state index in [9.17, 15) is 43.1 Å². The Labute approximate surface area is 745 Å². The van der Waals surface area contributed by atoms with Crippen LogP contribution in [0.5, 0.6) is 23.0 Å². The minimum atomic E-state index is -0.742. The second-order valence-electron chi connectivity index (χ2n) is 31.3. The molecule has 15 heterocycles. The van der Waals surface area contributed by atoms with E-state index in [0.717, 1.165) is 182 Å². The molecule has 5 saturated heterocycles. The van der Waals surface area contributed by atoms with E-state index >= 15 is 0 Å². The number of benzene rings is 5. The highest BCUT2D eigenvalue weighted by atomic mass is 19.1. The zero-order valence-electron chi connectivity index (χ0n) is 72.2. The first-order valence-electron chi connectivity index (χ1n) is 43.0. The number of methoxy groups -OCH3 is 2. The van der Waals surface area contributed by atoms with Crippen LogP contribution in [0.4, 0.5) is 37.2 Å². The van der Waals surface area contributed by atoms with E-state index < -0.39 is 17.4 Å². The van der Waals surface area contributed by atoms with E-state index in [0.29, 0.717) is 96.9 Å². The van der Waals surface area contributed by atoms with Gasteiger partial charge in [-0.2, -0.15) is 10.5 Å². The predicted molar refractivity (Wildman–Crippen MR) is 500 cm³/mol. The lowest BCUT2D eigenvalue weighted by molar-refractivity contribution is 0.321. The van der Waals surface area contributed by atoms with E-state index in [-0.39, 0.29) is 33.5 Å². The molecule has 5 fully saturated rings. The zero-order chi connectivity index (χ0) is 90.3. The Bertz CT molecular complexity index is 7100. The number of nitrogens with zero attached hydrogens (tertiary/aromatic N) is 17. The second-order valence-corrected chi connectivity index (χ2v) is 31.3. The van der Waals surface area contributed by atoms with Gasteiger partial charge in [-0.1, -0.05) is 12.1 Å². The summed E-state index contributed by atoms with van der Waals surface area (Å²) in [5.41, 5.74) is 15.1. The fourth-order valence-corrected chi connectivity index (χ4v) is 16.1. The van der Waals surface area contributed by atoms with Crippen molar-refractivity contribution in [3.05, 3.63) is 299 Å². The van der Waals surface area contributed by atoms with Gasteiger partial charge in [-0.15, -0.1) is 0 Å². The third kappa shape index (κ3) is 20.4. The Balaban J connectivity index is 0.000000119. The molecule has 0 atom stereocenters. The first kappa shape index (κ1) is 88.2. The highest BCUT2D eigenvalue weighted by Crippen LogP contribution is 2.31. The van der Waals surface area contributed by atoms with Crippen LogP contribution in [-0.4, -0.2) is 204 Å². The van der Waals surface area contributed by atoms with Crippen LogP contribution in [-0.2, 0) is 0 Å². The van der Waals surface area contributed by atoms with Gasteiger partial charge in [0.2, 0.25) is 0 Å². The molecule has 6 N–H and O–H groups in total. The van der Waals surface area contributed by atoms with Crippen molar-refractivity contribution in [1.29, 1.82) is 10.5 Å². The minimum absolute atomic E-state index is 0.0737. The fourth-order valence-electron chi connectivity index (χ4n) is 16.1. The molecule has 5 aliphatic rings. The molecule has 31 nitrogen and oxygen atoms in total. The van der Waals surface area contributed by atoms with E-state index in [1.807, 2.05) is 111 Å². The maximum Gasteiger partial charge on any atom is 0.258 e. The molecule has 0 unspecified atom stereocenters. The normalized spacial score (nSPS) is 14.5. The van der Waals surface area contributed by atoms with Crippen molar-refractivity contribution in [2.24, 2.45) is 0 Å². The van der Waals surface area contributed by atoms with E-state index in [4.69, 9.17) is 19.5 Å². The quantitative estimate of drug-likeness (QED) is 0.0590. The molecular weight excluding hydrogens is 1660 g/mol. The number of ether oxygens (including phenoxy) is 3. The van der Waals surface area contributed by atoms with Gasteiger partial charge in [-0.25, -0.2) is 33.7 Å². The number of fused-ring (bicyclic) bond motifs is 5. The van der Waals surface area contributed by atoms with Crippen LogP contribution in [0.15, 0.2) is 243 Å². The first-order valence-corrected chi connectivity index (χ1v) is 43.0. The summed E-state index contributed by atoms with van der Waals surface area (Å²) in [5.74, 6) is -0.119. The molecule has 20 rings (SSSR count). The van der Waals surface area contributed by atoms with Gasteiger partial charge in [0, 0.05) is 220 Å². The van der Waals surface area contributed by atoms with Gasteiger partial charge in [-0.3, -0.25) is 46.0 Å². The summed E-state index contributed by atoms with van der Waals surface area (Å²) >= 11 is 0. The topological polar surface area (TPSA) is 344 Å². The molecule has 130 heavy (non-hydrogen) atoms. The summed E-state index contributed by atoms with van der Waals surface area (Å²) in [6, 6.07) is 57.6. The molecule has 0 aliphatic carbocycles. The molecule has 0 saturated carbocycles. The highest BCUT2D eigenvalue weighted by Gasteiger charge is 2.22. The third-order valence-corrected chi connectivity index (χ3v) is 23.0. The van der Waals surface area contributed by atoms with Crippen LogP contribution in [0.3, 0.4) is 0 Å². The van der Waals surface area contributed by atoms with Gasteiger partial charge in [0.25, 0.3) is 27.8 Å². The first-order chi connectivity index (χ1) is 63.4. The number of phenolic OH excluding ortho intramolecular Hbond substituents is 1. The number of aromatic hydroxyl groups is 1. The Morgan fingerprint density at radius 1 is 0.354 bits per heavy atom. The summed E-state index contributed by atoms with van der Waals surface area (Å²) in [7, 11) is 3.17. The molecular formula is C97H96F2N22O9. The lowest BCUT2D eigenvalue weighted by Crippen LogP contribution is -2.43. The van der Waals surface area contributed by atoms with Crippen LogP contribution in [0.1, 0.15) is 23.6 Å². The van der Waals surface area contributed by atoms with E-state index in [2.05, 4.69) is 88.1 Å². The van der Waals surface area contributed by atoms with Crippen molar-refractivity contribution in [2.45, 2.75) is 13.8 Å². The number of rotatable bonds is 14. The molecule has 5 aliphatic heterocycles. The number of halogens is 2. The SMILES string of the molecule is CCOc1ccc(-c2cc(=O)n3cc(N4CCNCC4)ccc3n2)cc1F.COc1ccc(-c2cc(=O)n3cc(N4CCNCC4)ccc3n2)cc1C.COc1ccc(-c2cc(=O)n3cc(N4CCNCC4)ccc3n2)cc1C#N.N#Cc1cccc(-c2cc(=O)n3cc(N4CCNCC4)ccc3n2)c1.O=c1cc(-c2ccc(O)c(F)c2)nc2ccc(N3CCNCC3)cn12. The number of phenols is 1. The molecule has 662 valence electrons. The summed E-state index contributed by atoms with van der Waals surface area (Å²) in [5, 5.41) is 44.2.